The average molecular weight is 280 g/mol. The molecular weight excluding hydrogens is 259 g/mol. The molecule has 1 aliphatic heterocycles. The molecule has 2 atom stereocenters. The Morgan fingerprint density at radius 2 is 2.00 bits per heavy atom. The van der Waals surface area contributed by atoms with Crippen molar-refractivity contribution in [1.29, 1.82) is 0 Å². The normalized spacial score (nSPS) is 23.7. The van der Waals surface area contributed by atoms with E-state index in [9.17, 15) is 9.18 Å². The summed E-state index contributed by atoms with van der Waals surface area (Å²) in [6.45, 7) is 5.55. The predicted octanol–water partition coefficient (Wildman–Crippen LogP) is 1.76. The Bertz CT molecular complexity index is 469. The summed E-state index contributed by atoms with van der Waals surface area (Å²) in [6, 6.07) is 6.50. The number of rotatable bonds is 3. The van der Waals surface area contributed by atoms with E-state index in [2.05, 4.69) is 25.8 Å². The van der Waals surface area contributed by atoms with Crippen LogP contribution in [0.1, 0.15) is 13.8 Å². The summed E-state index contributed by atoms with van der Waals surface area (Å²) >= 11 is 0. The van der Waals surface area contributed by atoms with Gasteiger partial charge in [-0.2, -0.15) is 0 Å². The van der Waals surface area contributed by atoms with Gasteiger partial charge in [-0.25, -0.2) is 4.39 Å². The zero-order valence-electron chi connectivity index (χ0n) is 12.2. The second kappa shape index (κ2) is 6.22. The highest BCUT2D eigenvalue weighted by molar-refractivity contribution is 5.78. The molecular formula is C15H21FN2O2. The van der Waals surface area contributed by atoms with Crippen LogP contribution >= 0.6 is 0 Å². The standard InChI is InChI=1S/C15H21FN2O2/c1-11-8-18(9-12(2)17(11)3)15(19)10-20-14-6-4-5-13(16)7-14/h4-7,11-12H,8-10H2,1-3H3. The quantitative estimate of drug-likeness (QED) is 0.846. The van der Waals surface area contributed by atoms with E-state index in [0.29, 0.717) is 30.9 Å². The van der Waals surface area contributed by atoms with E-state index < -0.39 is 0 Å². The SMILES string of the molecule is CC1CN(C(=O)COc2cccc(F)c2)CC(C)N1C. The topological polar surface area (TPSA) is 32.8 Å². The van der Waals surface area contributed by atoms with Crippen molar-refractivity contribution >= 4 is 5.91 Å². The van der Waals surface area contributed by atoms with Crippen LogP contribution in [0, 0.1) is 5.82 Å². The van der Waals surface area contributed by atoms with Crippen molar-refractivity contribution in [2.75, 3.05) is 26.7 Å². The van der Waals surface area contributed by atoms with Crippen LogP contribution in [0.3, 0.4) is 0 Å². The van der Waals surface area contributed by atoms with Crippen LogP contribution in [0.25, 0.3) is 0 Å². The van der Waals surface area contributed by atoms with Gasteiger partial charge >= 0.3 is 0 Å². The summed E-state index contributed by atoms with van der Waals surface area (Å²) in [6.07, 6.45) is 0. The molecule has 1 aromatic rings. The molecule has 2 rings (SSSR count). The van der Waals surface area contributed by atoms with E-state index in [1.807, 2.05) is 4.90 Å². The Kier molecular flexibility index (Phi) is 4.60. The fourth-order valence-corrected chi connectivity index (χ4v) is 2.40. The smallest absolute Gasteiger partial charge is 0.260 e. The van der Waals surface area contributed by atoms with Gasteiger partial charge in [-0.15, -0.1) is 0 Å². The lowest BCUT2D eigenvalue weighted by Crippen LogP contribution is -2.57. The highest BCUT2D eigenvalue weighted by Crippen LogP contribution is 2.15. The summed E-state index contributed by atoms with van der Waals surface area (Å²) in [7, 11) is 2.07. The maximum atomic E-state index is 13.0. The van der Waals surface area contributed by atoms with Crippen molar-refractivity contribution in [3.05, 3.63) is 30.1 Å². The van der Waals surface area contributed by atoms with Crippen LogP contribution in [0.2, 0.25) is 0 Å². The number of hydrogen-bond donors (Lipinski definition) is 0. The predicted molar refractivity (Wildman–Crippen MR) is 75.2 cm³/mol. The van der Waals surface area contributed by atoms with Crippen molar-refractivity contribution in [3.63, 3.8) is 0 Å². The Hall–Kier alpha value is -1.62. The average Bonchev–Trinajstić information content (AvgIpc) is 2.41. The molecule has 1 amide bonds. The molecule has 20 heavy (non-hydrogen) atoms. The highest BCUT2D eigenvalue weighted by atomic mass is 19.1. The molecule has 0 bridgehead atoms. The number of halogens is 1. The van der Waals surface area contributed by atoms with E-state index in [1.165, 1.54) is 12.1 Å². The number of nitrogens with zero attached hydrogens (tertiary/aromatic N) is 2. The van der Waals surface area contributed by atoms with Gasteiger partial charge in [0.15, 0.2) is 6.61 Å². The maximum Gasteiger partial charge on any atom is 0.260 e. The van der Waals surface area contributed by atoms with Crippen LogP contribution in [0.4, 0.5) is 4.39 Å². The van der Waals surface area contributed by atoms with Crippen LogP contribution in [0.5, 0.6) is 5.75 Å². The molecule has 5 heteroatoms. The molecule has 0 radical (unpaired) electrons. The first-order chi connectivity index (χ1) is 9.47. The summed E-state index contributed by atoms with van der Waals surface area (Å²) < 4.78 is 18.4. The monoisotopic (exact) mass is 280 g/mol. The van der Waals surface area contributed by atoms with Gasteiger partial charge in [0, 0.05) is 31.2 Å². The van der Waals surface area contributed by atoms with Gasteiger partial charge in [0.2, 0.25) is 0 Å². The van der Waals surface area contributed by atoms with Gasteiger partial charge in [-0.1, -0.05) is 6.07 Å². The Labute approximate surface area is 119 Å². The van der Waals surface area contributed by atoms with Crippen molar-refractivity contribution < 1.29 is 13.9 Å². The molecule has 0 aromatic heterocycles. The highest BCUT2D eigenvalue weighted by Gasteiger charge is 2.29. The molecule has 2 unspecified atom stereocenters. The molecule has 1 aliphatic rings. The van der Waals surface area contributed by atoms with Gasteiger partial charge in [-0.3, -0.25) is 9.69 Å². The first-order valence-electron chi connectivity index (χ1n) is 6.85. The number of benzene rings is 1. The molecule has 0 saturated carbocycles. The van der Waals surface area contributed by atoms with E-state index in [1.54, 1.807) is 12.1 Å². The molecule has 1 saturated heterocycles. The zero-order chi connectivity index (χ0) is 14.7. The number of likely N-dealkylation sites (N-methyl/N-ethyl adjacent to an activating group) is 1. The summed E-state index contributed by atoms with van der Waals surface area (Å²) in [5.41, 5.74) is 0. The molecule has 0 N–H and O–H groups in total. The number of carbonyl (C=O) groups is 1. The third-order valence-corrected chi connectivity index (χ3v) is 3.87. The molecule has 1 heterocycles. The molecule has 0 aliphatic carbocycles. The van der Waals surface area contributed by atoms with Crippen molar-refractivity contribution in [2.24, 2.45) is 0 Å². The molecule has 1 aromatic carbocycles. The fraction of sp³-hybridized carbons (Fsp3) is 0.533. The van der Waals surface area contributed by atoms with Gasteiger partial charge < -0.3 is 9.64 Å². The third kappa shape index (κ3) is 3.48. The zero-order valence-corrected chi connectivity index (χ0v) is 12.2. The Morgan fingerprint density at radius 3 is 2.60 bits per heavy atom. The lowest BCUT2D eigenvalue weighted by molar-refractivity contribution is -0.137. The third-order valence-electron chi connectivity index (χ3n) is 3.87. The largest absolute Gasteiger partial charge is 0.484 e. The van der Waals surface area contributed by atoms with Gasteiger partial charge in [-0.05, 0) is 33.0 Å². The van der Waals surface area contributed by atoms with Crippen molar-refractivity contribution in [2.45, 2.75) is 25.9 Å². The number of carbonyl (C=O) groups excluding carboxylic acids is 1. The van der Waals surface area contributed by atoms with Gasteiger partial charge in [0.1, 0.15) is 11.6 Å². The number of amides is 1. The molecule has 110 valence electrons. The first kappa shape index (κ1) is 14.8. The van der Waals surface area contributed by atoms with Crippen LogP contribution in [0.15, 0.2) is 24.3 Å². The van der Waals surface area contributed by atoms with Gasteiger partial charge in [0.25, 0.3) is 5.91 Å². The van der Waals surface area contributed by atoms with E-state index in [-0.39, 0.29) is 18.3 Å². The summed E-state index contributed by atoms with van der Waals surface area (Å²) in [4.78, 5) is 16.2. The maximum absolute atomic E-state index is 13.0. The minimum absolute atomic E-state index is 0.0490. The number of piperazine rings is 1. The van der Waals surface area contributed by atoms with E-state index in [0.717, 1.165) is 0 Å². The Balaban J connectivity index is 1.89. The van der Waals surface area contributed by atoms with Crippen molar-refractivity contribution in [1.82, 2.24) is 9.80 Å². The molecule has 0 spiro atoms. The lowest BCUT2D eigenvalue weighted by atomic mass is 10.1. The van der Waals surface area contributed by atoms with E-state index in [4.69, 9.17) is 4.74 Å². The first-order valence-corrected chi connectivity index (χ1v) is 6.85. The fourth-order valence-electron chi connectivity index (χ4n) is 2.40. The summed E-state index contributed by atoms with van der Waals surface area (Å²) in [5, 5.41) is 0. The van der Waals surface area contributed by atoms with Crippen molar-refractivity contribution in [3.8, 4) is 5.75 Å². The second-order valence-electron chi connectivity index (χ2n) is 5.41. The second-order valence-corrected chi connectivity index (χ2v) is 5.41. The van der Waals surface area contributed by atoms with Crippen LogP contribution < -0.4 is 4.74 Å². The van der Waals surface area contributed by atoms with Crippen LogP contribution in [-0.4, -0.2) is 54.5 Å². The minimum atomic E-state index is -0.364. The van der Waals surface area contributed by atoms with Gasteiger partial charge in [0.05, 0.1) is 0 Å². The Morgan fingerprint density at radius 1 is 1.35 bits per heavy atom. The number of ether oxygens (including phenoxy) is 1. The van der Waals surface area contributed by atoms with E-state index >= 15 is 0 Å². The molecule has 1 fully saturated rings. The molecule has 4 nitrogen and oxygen atoms in total. The van der Waals surface area contributed by atoms with Crippen LogP contribution in [-0.2, 0) is 4.79 Å². The lowest BCUT2D eigenvalue weighted by Gasteiger charge is -2.42. The summed E-state index contributed by atoms with van der Waals surface area (Å²) in [5.74, 6) is -0.0357. The minimum Gasteiger partial charge on any atom is -0.484 e. The number of hydrogen-bond acceptors (Lipinski definition) is 3.